The molecule has 0 bridgehead atoms. The molecule has 3 nitrogen and oxygen atoms in total. The zero-order chi connectivity index (χ0) is 12.9. The van der Waals surface area contributed by atoms with Gasteiger partial charge >= 0.3 is 0 Å². The second-order valence-electron chi connectivity index (χ2n) is 4.88. The average Bonchev–Trinajstić information content (AvgIpc) is 2.30. The number of hydrogen-bond acceptors (Lipinski definition) is 2. The Morgan fingerprint density at radius 2 is 1.94 bits per heavy atom. The lowest BCUT2D eigenvalue weighted by Crippen LogP contribution is -2.44. The first-order chi connectivity index (χ1) is 7.98. The monoisotopic (exact) mass is 235 g/mol. The predicted molar refractivity (Wildman–Crippen MR) is 68.8 cm³/mol. The predicted octanol–water partition coefficient (Wildman–Crippen LogP) is 1.85. The molecule has 1 rings (SSSR count). The van der Waals surface area contributed by atoms with Crippen LogP contribution in [-0.4, -0.2) is 23.7 Å². The topological polar surface area (TPSA) is 49.3 Å². The van der Waals surface area contributed by atoms with Gasteiger partial charge in [-0.15, -0.1) is 0 Å². The fourth-order valence-electron chi connectivity index (χ4n) is 1.66. The van der Waals surface area contributed by atoms with Crippen LogP contribution in [0.3, 0.4) is 0 Å². The largest absolute Gasteiger partial charge is 0.396 e. The van der Waals surface area contributed by atoms with Crippen LogP contribution in [0.5, 0.6) is 0 Å². The van der Waals surface area contributed by atoms with Gasteiger partial charge < -0.3 is 10.4 Å². The molecule has 1 aromatic rings. The van der Waals surface area contributed by atoms with Crippen LogP contribution in [0.25, 0.3) is 0 Å². The van der Waals surface area contributed by atoms with E-state index in [9.17, 15) is 4.79 Å². The Hall–Kier alpha value is -1.35. The van der Waals surface area contributed by atoms with Crippen LogP contribution in [0.1, 0.15) is 32.8 Å². The number of aliphatic hydroxyl groups is 1. The Kier molecular flexibility index (Phi) is 4.70. The van der Waals surface area contributed by atoms with E-state index in [4.69, 9.17) is 5.11 Å². The standard InChI is InChI=1S/C14H21NO2/c1-11(9-10-16)15-13(17)14(2,3)12-7-5-4-6-8-12/h4-8,11,16H,9-10H2,1-3H3,(H,15,17). The number of aliphatic hydroxyl groups excluding tert-OH is 1. The van der Waals surface area contributed by atoms with Crippen LogP contribution >= 0.6 is 0 Å². The normalized spacial score (nSPS) is 13.2. The van der Waals surface area contributed by atoms with E-state index in [2.05, 4.69) is 5.32 Å². The summed E-state index contributed by atoms with van der Waals surface area (Å²) >= 11 is 0. The quantitative estimate of drug-likeness (QED) is 0.818. The molecule has 0 aliphatic carbocycles. The third-order valence-corrected chi connectivity index (χ3v) is 3.00. The molecular weight excluding hydrogens is 214 g/mol. The molecule has 17 heavy (non-hydrogen) atoms. The lowest BCUT2D eigenvalue weighted by molar-refractivity contribution is -0.126. The minimum absolute atomic E-state index is 0.00418. The molecule has 0 spiro atoms. The molecular formula is C14H21NO2. The smallest absolute Gasteiger partial charge is 0.230 e. The van der Waals surface area contributed by atoms with Crippen LogP contribution in [0.4, 0.5) is 0 Å². The van der Waals surface area contributed by atoms with Crippen LogP contribution in [-0.2, 0) is 10.2 Å². The lowest BCUT2D eigenvalue weighted by Gasteiger charge is -2.26. The van der Waals surface area contributed by atoms with Gasteiger partial charge in [-0.25, -0.2) is 0 Å². The number of rotatable bonds is 5. The summed E-state index contributed by atoms with van der Waals surface area (Å²) in [5.41, 5.74) is 0.444. The van der Waals surface area contributed by atoms with Gasteiger partial charge in [-0.05, 0) is 32.8 Å². The summed E-state index contributed by atoms with van der Waals surface area (Å²) in [5, 5.41) is 11.7. The Bertz CT molecular complexity index is 360. The number of carbonyl (C=O) groups excluding carboxylic acids is 1. The summed E-state index contributed by atoms with van der Waals surface area (Å²) in [6, 6.07) is 9.71. The molecule has 0 fully saturated rings. The number of hydrogen-bond donors (Lipinski definition) is 2. The summed E-state index contributed by atoms with van der Waals surface area (Å²) in [4.78, 5) is 12.2. The molecule has 0 heterocycles. The van der Waals surface area contributed by atoms with Gasteiger partial charge in [-0.2, -0.15) is 0 Å². The van der Waals surface area contributed by atoms with E-state index < -0.39 is 5.41 Å². The highest BCUT2D eigenvalue weighted by molar-refractivity contribution is 5.87. The van der Waals surface area contributed by atoms with E-state index in [1.54, 1.807) is 0 Å². The summed E-state index contributed by atoms with van der Waals surface area (Å²) in [6.45, 7) is 5.80. The van der Waals surface area contributed by atoms with Crippen molar-refractivity contribution in [2.45, 2.75) is 38.6 Å². The summed E-state index contributed by atoms with van der Waals surface area (Å²) < 4.78 is 0. The van der Waals surface area contributed by atoms with Gasteiger partial charge in [0.2, 0.25) is 5.91 Å². The molecule has 0 aliphatic rings. The Morgan fingerprint density at radius 3 is 2.47 bits per heavy atom. The molecule has 0 saturated heterocycles. The third kappa shape index (κ3) is 3.56. The van der Waals surface area contributed by atoms with Crippen LogP contribution in [0.15, 0.2) is 30.3 Å². The van der Waals surface area contributed by atoms with Crippen molar-refractivity contribution in [2.24, 2.45) is 0 Å². The molecule has 3 heteroatoms. The highest BCUT2D eigenvalue weighted by Crippen LogP contribution is 2.23. The van der Waals surface area contributed by atoms with Crippen molar-refractivity contribution < 1.29 is 9.90 Å². The van der Waals surface area contributed by atoms with Gasteiger partial charge in [0.25, 0.3) is 0 Å². The lowest BCUT2D eigenvalue weighted by atomic mass is 9.83. The van der Waals surface area contributed by atoms with Crippen LogP contribution in [0.2, 0.25) is 0 Å². The number of nitrogens with one attached hydrogen (secondary N) is 1. The molecule has 94 valence electrons. The number of amides is 1. The fraction of sp³-hybridized carbons (Fsp3) is 0.500. The molecule has 2 N–H and O–H groups in total. The Balaban J connectivity index is 2.74. The SMILES string of the molecule is CC(CCO)NC(=O)C(C)(C)c1ccccc1. The Morgan fingerprint density at radius 1 is 1.35 bits per heavy atom. The number of benzene rings is 1. The van der Waals surface area contributed by atoms with Gasteiger partial charge in [-0.3, -0.25) is 4.79 Å². The first-order valence-electron chi connectivity index (χ1n) is 5.96. The molecule has 0 radical (unpaired) electrons. The van der Waals surface area contributed by atoms with E-state index in [1.165, 1.54) is 0 Å². The second-order valence-corrected chi connectivity index (χ2v) is 4.88. The fourth-order valence-corrected chi connectivity index (χ4v) is 1.66. The molecule has 0 aromatic heterocycles. The van der Waals surface area contributed by atoms with Gasteiger partial charge in [-0.1, -0.05) is 30.3 Å². The van der Waals surface area contributed by atoms with E-state index in [1.807, 2.05) is 51.1 Å². The third-order valence-electron chi connectivity index (χ3n) is 3.00. The van der Waals surface area contributed by atoms with E-state index in [-0.39, 0.29) is 18.6 Å². The maximum atomic E-state index is 12.2. The zero-order valence-electron chi connectivity index (χ0n) is 10.7. The minimum atomic E-state index is -0.551. The zero-order valence-corrected chi connectivity index (χ0v) is 10.7. The van der Waals surface area contributed by atoms with Gasteiger partial charge in [0, 0.05) is 12.6 Å². The Labute approximate surface area is 103 Å². The van der Waals surface area contributed by atoms with Crippen molar-refractivity contribution >= 4 is 5.91 Å². The molecule has 0 saturated carbocycles. The molecule has 0 aliphatic heterocycles. The molecule has 1 amide bonds. The van der Waals surface area contributed by atoms with E-state index >= 15 is 0 Å². The molecule has 1 unspecified atom stereocenters. The molecule has 1 aromatic carbocycles. The van der Waals surface area contributed by atoms with Gasteiger partial charge in [0.15, 0.2) is 0 Å². The van der Waals surface area contributed by atoms with E-state index in [0.717, 1.165) is 5.56 Å². The first-order valence-corrected chi connectivity index (χ1v) is 5.96. The maximum absolute atomic E-state index is 12.2. The van der Waals surface area contributed by atoms with Crippen molar-refractivity contribution in [3.8, 4) is 0 Å². The van der Waals surface area contributed by atoms with Crippen molar-refractivity contribution in [3.63, 3.8) is 0 Å². The number of carbonyl (C=O) groups is 1. The van der Waals surface area contributed by atoms with Crippen LogP contribution in [0, 0.1) is 0 Å². The second kappa shape index (κ2) is 5.82. The summed E-state index contributed by atoms with van der Waals surface area (Å²) in [7, 11) is 0. The molecule has 1 atom stereocenters. The van der Waals surface area contributed by atoms with Crippen molar-refractivity contribution in [1.82, 2.24) is 5.32 Å². The highest BCUT2D eigenvalue weighted by Gasteiger charge is 2.30. The average molecular weight is 235 g/mol. The minimum Gasteiger partial charge on any atom is -0.396 e. The summed E-state index contributed by atoms with van der Waals surface area (Å²) in [5.74, 6) is -0.00958. The van der Waals surface area contributed by atoms with Crippen molar-refractivity contribution in [1.29, 1.82) is 0 Å². The van der Waals surface area contributed by atoms with E-state index in [0.29, 0.717) is 6.42 Å². The van der Waals surface area contributed by atoms with Crippen LogP contribution < -0.4 is 5.32 Å². The van der Waals surface area contributed by atoms with Gasteiger partial charge in [0.1, 0.15) is 0 Å². The van der Waals surface area contributed by atoms with Crippen molar-refractivity contribution in [3.05, 3.63) is 35.9 Å². The summed E-state index contributed by atoms with van der Waals surface area (Å²) in [6.07, 6.45) is 0.580. The first kappa shape index (κ1) is 13.7. The van der Waals surface area contributed by atoms with Gasteiger partial charge in [0.05, 0.1) is 5.41 Å². The highest BCUT2D eigenvalue weighted by atomic mass is 16.3. The maximum Gasteiger partial charge on any atom is 0.230 e. The van der Waals surface area contributed by atoms with Crippen molar-refractivity contribution in [2.75, 3.05) is 6.61 Å².